The van der Waals surface area contributed by atoms with Gasteiger partial charge < -0.3 is 5.32 Å². The summed E-state index contributed by atoms with van der Waals surface area (Å²) in [6, 6.07) is 0. The molecule has 2 heteroatoms. The van der Waals surface area contributed by atoms with E-state index in [4.69, 9.17) is 0 Å². The fraction of sp³-hybridized carbons (Fsp3) is 1.00. The molecule has 54 valence electrons. The van der Waals surface area contributed by atoms with Crippen LogP contribution < -0.4 is 5.32 Å². The number of alkyl halides is 1. The topological polar surface area (TPSA) is 12.0 Å². The molecular weight excluding hydrogens is 117 g/mol. The molecule has 1 N–H and O–H groups in total. The van der Waals surface area contributed by atoms with Crippen LogP contribution in [-0.4, -0.2) is 19.3 Å². The Bertz CT molecular complexity index is 84.9. The fourth-order valence-corrected chi connectivity index (χ4v) is 1.32. The number of piperidine rings is 1. The summed E-state index contributed by atoms with van der Waals surface area (Å²) in [5.74, 6) is 0.405. The van der Waals surface area contributed by atoms with Crippen molar-refractivity contribution in [3.8, 4) is 0 Å². The van der Waals surface area contributed by atoms with E-state index in [2.05, 4.69) is 5.32 Å². The second-order valence-corrected chi connectivity index (χ2v) is 3.06. The normalized spacial score (nSPS) is 45.0. The lowest BCUT2D eigenvalue weighted by atomic mass is 9.91. The van der Waals surface area contributed by atoms with Gasteiger partial charge in [-0.3, -0.25) is 0 Å². The zero-order valence-corrected chi connectivity index (χ0v) is 6.02. The molecule has 0 saturated carbocycles. The van der Waals surface area contributed by atoms with Crippen molar-refractivity contribution in [2.75, 3.05) is 13.1 Å². The highest BCUT2D eigenvalue weighted by molar-refractivity contribution is 4.79. The third kappa shape index (κ3) is 1.42. The van der Waals surface area contributed by atoms with Crippen molar-refractivity contribution in [3.63, 3.8) is 0 Å². The molecule has 1 rings (SSSR count). The Morgan fingerprint density at radius 2 is 1.67 bits per heavy atom. The van der Waals surface area contributed by atoms with E-state index in [0.717, 1.165) is 13.1 Å². The molecule has 1 saturated heterocycles. The summed E-state index contributed by atoms with van der Waals surface area (Å²) in [5, 5.41) is 3.17. The highest BCUT2D eigenvalue weighted by Crippen LogP contribution is 2.19. The quantitative estimate of drug-likeness (QED) is 0.521. The van der Waals surface area contributed by atoms with E-state index in [9.17, 15) is 4.39 Å². The molecular formula is C7H14FN. The first kappa shape index (κ1) is 7.00. The minimum absolute atomic E-state index is 0.203. The van der Waals surface area contributed by atoms with Crippen molar-refractivity contribution >= 4 is 0 Å². The summed E-state index contributed by atoms with van der Waals surface area (Å²) in [7, 11) is 0. The number of hydrogen-bond acceptors (Lipinski definition) is 1. The van der Waals surface area contributed by atoms with Gasteiger partial charge in [0.2, 0.25) is 0 Å². The van der Waals surface area contributed by atoms with Crippen LogP contribution in [0.3, 0.4) is 0 Å². The Morgan fingerprint density at radius 1 is 1.22 bits per heavy atom. The summed E-state index contributed by atoms with van der Waals surface area (Å²) in [5.41, 5.74) is 0. The average molecular weight is 131 g/mol. The largest absolute Gasteiger partial charge is 0.316 e. The maximum Gasteiger partial charge on any atom is 0.108 e. The van der Waals surface area contributed by atoms with E-state index in [0.29, 0.717) is 0 Å². The first-order valence-corrected chi connectivity index (χ1v) is 3.56. The second-order valence-electron chi connectivity index (χ2n) is 3.06. The van der Waals surface area contributed by atoms with Crippen molar-refractivity contribution in [3.05, 3.63) is 0 Å². The third-order valence-electron chi connectivity index (χ3n) is 2.02. The zero-order valence-electron chi connectivity index (χ0n) is 6.02. The van der Waals surface area contributed by atoms with Gasteiger partial charge in [0.05, 0.1) is 0 Å². The number of hydrogen-bond donors (Lipinski definition) is 1. The van der Waals surface area contributed by atoms with Crippen LogP contribution in [-0.2, 0) is 0 Å². The van der Waals surface area contributed by atoms with Crippen LogP contribution in [0.1, 0.15) is 13.8 Å². The molecule has 9 heavy (non-hydrogen) atoms. The summed E-state index contributed by atoms with van der Waals surface area (Å²) in [4.78, 5) is 0. The van der Waals surface area contributed by atoms with Gasteiger partial charge in [-0.1, -0.05) is 13.8 Å². The van der Waals surface area contributed by atoms with Crippen molar-refractivity contribution in [2.24, 2.45) is 11.8 Å². The van der Waals surface area contributed by atoms with Crippen molar-refractivity contribution in [1.29, 1.82) is 0 Å². The molecule has 1 heterocycles. The van der Waals surface area contributed by atoms with Crippen LogP contribution in [0, 0.1) is 11.8 Å². The van der Waals surface area contributed by atoms with Crippen LogP contribution in [0.2, 0.25) is 0 Å². The molecule has 0 amide bonds. The lowest BCUT2D eigenvalue weighted by molar-refractivity contribution is 0.133. The van der Waals surface area contributed by atoms with E-state index < -0.39 is 6.17 Å². The molecule has 0 aromatic carbocycles. The van der Waals surface area contributed by atoms with Gasteiger partial charge in [-0.05, 0) is 0 Å². The van der Waals surface area contributed by atoms with Crippen LogP contribution in [0.4, 0.5) is 4.39 Å². The van der Waals surface area contributed by atoms with Gasteiger partial charge in [0.1, 0.15) is 6.17 Å². The highest BCUT2D eigenvalue weighted by Gasteiger charge is 2.26. The molecule has 1 aliphatic heterocycles. The van der Waals surface area contributed by atoms with E-state index in [1.54, 1.807) is 0 Å². The maximum atomic E-state index is 12.9. The molecule has 1 nitrogen and oxygen atoms in total. The molecule has 1 fully saturated rings. The zero-order chi connectivity index (χ0) is 6.85. The summed E-state index contributed by atoms with van der Waals surface area (Å²) in [6.45, 7) is 5.58. The molecule has 0 aliphatic carbocycles. The standard InChI is InChI=1S/C7H14FN/c1-5-3-9-4-6(2)7(5)8/h5-7,9H,3-4H2,1-2H3/t5-,6+,7?. The van der Waals surface area contributed by atoms with Gasteiger partial charge in [-0.2, -0.15) is 0 Å². The van der Waals surface area contributed by atoms with Crippen LogP contribution >= 0.6 is 0 Å². The smallest absolute Gasteiger partial charge is 0.108 e. The van der Waals surface area contributed by atoms with E-state index in [1.807, 2.05) is 13.8 Å². The minimum Gasteiger partial charge on any atom is -0.316 e. The minimum atomic E-state index is -0.591. The molecule has 0 bridgehead atoms. The Hall–Kier alpha value is -0.110. The monoisotopic (exact) mass is 131 g/mol. The van der Waals surface area contributed by atoms with Gasteiger partial charge >= 0.3 is 0 Å². The van der Waals surface area contributed by atoms with E-state index in [-0.39, 0.29) is 11.8 Å². The van der Waals surface area contributed by atoms with Crippen LogP contribution in [0.25, 0.3) is 0 Å². The molecule has 0 aromatic heterocycles. The number of nitrogens with one attached hydrogen (secondary N) is 1. The molecule has 0 radical (unpaired) electrons. The second kappa shape index (κ2) is 2.65. The number of rotatable bonds is 0. The molecule has 0 aromatic rings. The summed E-state index contributed by atoms with van der Waals surface area (Å²) in [6.07, 6.45) is -0.591. The first-order chi connectivity index (χ1) is 4.22. The third-order valence-corrected chi connectivity index (χ3v) is 2.02. The predicted molar refractivity (Wildman–Crippen MR) is 36.1 cm³/mol. The van der Waals surface area contributed by atoms with E-state index >= 15 is 0 Å². The first-order valence-electron chi connectivity index (χ1n) is 3.56. The Kier molecular flexibility index (Phi) is 2.06. The lowest BCUT2D eigenvalue weighted by Gasteiger charge is -2.28. The highest BCUT2D eigenvalue weighted by atomic mass is 19.1. The Balaban J connectivity index is 2.41. The Labute approximate surface area is 55.6 Å². The van der Waals surface area contributed by atoms with Gasteiger partial charge in [0.15, 0.2) is 0 Å². The van der Waals surface area contributed by atoms with Crippen molar-refractivity contribution < 1.29 is 4.39 Å². The van der Waals surface area contributed by atoms with Crippen molar-refractivity contribution in [2.45, 2.75) is 20.0 Å². The fourth-order valence-electron chi connectivity index (χ4n) is 1.32. The number of halogens is 1. The average Bonchev–Trinajstić information content (AvgIpc) is 1.83. The van der Waals surface area contributed by atoms with Crippen molar-refractivity contribution in [1.82, 2.24) is 5.32 Å². The SMILES string of the molecule is C[C@@H]1CNC[C@H](C)C1F. The molecule has 0 spiro atoms. The van der Waals surface area contributed by atoms with Gasteiger partial charge in [-0.25, -0.2) is 4.39 Å². The van der Waals surface area contributed by atoms with Gasteiger partial charge in [0, 0.05) is 24.9 Å². The predicted octanol–water partition coefficient (Wildman–Crippen LogP) is 1.20. The van der Waals surface area contributed by atoms with Crippen LogP contribution in [0.15, 0.2) is 0 Å². The van der Waals surface area contributed by atoms with Gasteiger partial charge in [-0.15, -0.1) is 0 Å². The van der Waals surface area contributed by atoms with Gasteiger partial charge in [0.25, 0.3) is 0 Å². The summed E-state index contributed by atoms with van der Waals surface area (Å²) < 4.78 is 12.9. The molecule has 3 atom stereocenters. The van der Waals surface area contributed by atoms with Crippen LogP contribution in [0.5, 0.6) is 0 Å². The summed E-state index contributed by atoms with van der Waals surface area (Å²) >= 11 is 0. The van der Waals surface area contributed by atoms with E-state index in [1.165, 1.54) is 0 Å². The maximum absolute atomic E-state index is 12.9. The molecule has 1 unspecified atom stereocenters. The lowest BCUT2D eigenvalue weighted by Crippen LogP contribution is -2.42. The molecule has 1 aliphatic rings. The Morgan fingerprint density at radius 3 is 2.00 bits per heavy atom.